The maximum absolute atomic E-state index is 12.4. The smallest absolute Gasteiger partial charge is 0.199 e. The number of alkyl halides is 1. The minimum atomic E-state index is -2.13. The lowest BCUT2D eigenvalue weighted by atomic mass is 9.94. The fourth-order valence-electron chi connectivity index (χ4n) is 2.73. The van der Waals surface area contributed by atoms with E-state index in [4.69, 9.17) is 17.0 Å². The molecule has 0 aliphatic carbocycles. The van der Waals surface area contributed by atoms with Crippen LogP contribution in [0.4, 0.5) is 4.39 Å². The zero-order chi connectivity index (χ0) is 17.5. The van der Waals surface area contributed by atoms with Gasteiger partial charge in [0, 0.05) is 0 Å². The zero-order valence-corrected chi connectivity index (χ0v) is 13.4. The van der Waals surface area contributed by atoms with Crippen LogP contribution in [0.1, 0.15) is 12.1 Å². The summed E-state index contributed by atoms with van der Waals surface area (Å²) in [6.45, 7) is 0.157. The Hall–Kier alpha value is -1.90. The molecule has 1 unspecified atom stereocenters. The Morgan fingerprint density at radius 3 is 3.00 bits per heavy atom. The van der Waals surface area contributed by atoms with Crippen LogP contribution in [0.3, 0.4) is 0 Å². The predicted molar refractivity (Wildman–Crippen MR) is 83.2 cm³/mol. The average Bonchev–Trinajstić information content (AvgIpc) is 3.06. The lowest BCUT2D eigenvalue weighted by molar-refractivity contribution is -0.0722. The van der Waals surface area contributed by atoms with E-state index in [1.807, 2.05) is 0 Å². The summed E-state index contributed by atoms with van der Waals surface area (Å²) in [5, 5.41) is 30.4. The molecule has 2 aromatic heterocycles. The molecule has 10 heteroatoms. The molecule has 3 rings (SSSR count). The second-order valence-corrected chi connectivity index (χ2v) is 5.78. The number of rotatable bonds is 2. The lowest BCUT2D eigenvalue weighted by Gasteiger charge is -2.26. The van der Waals surface area contributed by atoms with Crippen LogP contribution in [0.25, 0.3) is 11.2 Å². The van der Waals surface area contributed by atoms with Crippen molar-refractivity contribution in [3.8, 4) is 11.8 Å². The molecule has 4 N–H and O–H groups in total. The topological polar surface area (TPSA) is 116 Å². The van der Waals surface area contributed by atoms with E-state index in [-0.39, 0.29) is 4.64 Å². The summed E-state index contributed by atoms with van der Waals surface area (Å²) in [6, 6.07) is 0. The second-order valence-electron chi connectivity index (χ2n) is 5.39. The largest absolute Gasteiger partial charge is 0.394 e. The van der Waals surface area contributed by atoms with Gasteiger partial charge in [-0.15, -0.1) is 0 Å². The molecule has 0 saturated carbocycles. The summed E-state index contributed by atoms with van der Waals surface area (Å²) in [5.74, 6) is 4.92. The van der Waals surface area contributed by atoms with Crippen LogP contribution in [0.5, 0.6) is 0 Å². The molecular formula is C14H15FN4O4S. The standard InChI is InChI=1S/C14H15FN4O4S/c1-7-17-11-9(12(24)18-7)16-6-19(11)13-14(22,3-2-4-15)10(21)8(5-20)23-13/h6,8,10,13,20-22H,4-5H2,1H3,(H,17,18,24)/t8-,10+,13-,14?/m1/s1. The number of aromatic nitrogens is 4. The van der Waals surface area contributed by atoms with Crippen LogP contribution in [0, 0.1) is 23.4 Å². The van der Waals surface area contributed by atoms with E-state index in [0.717, 1.165) is 0 Å². The number of imidazole rings is 1. The molecule has 24 heavy (non-hydrogen) atoms. The summed E-state index contributed by atoms with van der Waals surface area (Å²) in [6.07, 6.45) is -2.49. The number of nitrogens with zero attached hydrogens (tertiary/aromatic N) is 3. The minimum absolute atomic E-state index is 0.260. The molecular weight excluding hydrogens is 339 g/mol. The number of halogens is 1. The number of nitrogens with one attached hydrogen (secondary N) is 1. The number of hydrogen-bond acceptors (Lipinski definition) is 7. The highest BCUT2D eigenvalue weighted by Gasteiger charge is 2.55. The van der Waals surface area contributed by atoms with Gasteiger partial charge in [0.25, 0.3) is 0 Å². The van der Waals surface area contributed by atoms with Crippen molar-refractivity contribution in [3.63, 3.8) is 0 Å². The number of aliphatic hydroxyl groups is 3. The van der Waals surface area contributed by atoms with Gasteiger partial charge in [0.15, 0.2) is 16.5 Å². The molecule has 1 aliphatic heterocycles. The molecule has 4 atom stereocenters. The van der Waals surface area contributed by atoms with E-state index in [1.165, 1.54) is 10.9 Å². The van der Waals surface area contributed by atoms with E-state index in [0.29, 0.717) is 17.0 Å². The molecule has 0 spiro atoms. The molecule has 1 aliphatic rings. The quantitative estimate of drug-likeness (QED) is 0.434. The maximum atomic E-state index is 12.4. The Balaban J connectivity index is 2.18. The number of hydrogen-bond donors (Lipinski definition) is 4. The van der Waals surface area contributed by atoms with Crippen molar-refractivity contribution in [1.82, 2.24) is 19.5 Å². The number of aryl methyl sites for hydroxylation is 1. The van der Waals surface area contributed by atoms with Crippen molar-refractivity contribution in [2.24, 2.45) is 0 Å². The molecule has 1 saturated heterocycles. The normalized spacial score (nSPS) is 29.6. The Bertz CT molecular complexity index is 888. The molecule has 0 aromatic carbocycles. The highest BCUT2D eigenvalue weighted by Crippen LogP contribution is 2.39. The van der Waals surface area contributed by atoms with Gasteiger partial charge in [-0.25, -0.2) is 14.4 Å². The van der Waals surface area contributed by atoms with Crippen LogP contribution < -0.4 is 0 Å². The van der Waals surface area contributed by atoms with Crippen molar-refractivity contribution in [2.45, 2.75) is 31.0 Å². The summed E-state index contributed by atoms with van der Waals surface area (Å²) < 4.78 is 19.6. The molecule has 0 bridgehead atoms. The number of aliphatic hydroxyl groups excluding tert-OH is 2. The Morgan fingerprint density at radius 1 is 1.58 bits per heavy atom. The van der Waals surface area contributed by atoms with Crippen LogP contribution >= 0.6 is 12.2 Å². The summed E-state index contributed by atoms with van der Waals surface area (Å²) in [4.78, 5) is 11.2. The van der Waals surface area contributed by atoms with Crippen molar-refractivity contribution in [2.75, 3.05) is 13.3 Å². The fraction of sp³-hybridized carbons (Fsp3) is 0.500. The van der Waals surface area contributed by atoms with Crippen LogP contribution in [0.2, 0.25) is 0 Å². The molecule has 0 amide bonds. The summed E-state index contributed by atoms with van der Waals surface area (Å²) in [5.41, 5.74) is -1.34. The molecule has 3 heterocycles. The third-order valence-corrected chi connectivity index (χ3v) is 4.12. The Kier molecular flexibility index (Phi) is 4.37. The van der Waals surface area contributed by atoms with Crippen molar-refractivity contribution in [3.05, 3.63) is 16.8 Å². The van der Waals surface area contributed by atoms with Crippen molar-refractivity contribution in [1.29, 1.82) is 0 Å². The van der Waals surface area contributed by atoms with Gasteiger partial charge in [-0.05, 0) is 6.92 Å². The van der Waals surface area contributed by atoms with Crippen LogP contribution in [-0.4, -0.2) is 65.9 Å². The van der Waals surface area contributed by atoms with Gasteiger partial charge in [-0.3, -0.25) is 4.57 Å². The van der Waals surface area contributed by atoms with Gasteiger partial charge in [-0.2, -0.15) is 0 Å². The first-order valence-corrected chi connectivity index (χ1v) is 7.49. The monoisotopic (exact) mass is 354 g/mol. The number of aromatic amines is 1. The van der Waals surface area contributed by atoms with Gasteiger partial charge >= 0.3 is 0 Å². The van der Waals surface area contributed by atoms with Gasteiger partial charge in [0.2, 0.25) is 0 Å². The third kappa shape index (κ3) is 2.51. The number of fused-ring (bicyclic) bond motifs is 1. The SMILES string of the molecule is Cc1nc(=S)c2ncn([C@@H]3O[C@H](CO)[C@H](O)C3(O)C#CCF)c2[nH]1. The van der Waals surface area contributed by atoms with Gasteiger partial charge in [-0.1, -0.05) is 24.1 Å². The molecule has 8 nitrogen and oxygen atoms in total. The van der Waals surface area contributed by atoms with E-state index in [2.05, 4.69) is 26.8 Å². The molecule has 1 fully saturated rings. The highest BCUT2D eigenvalue weighted by atomic mass is 32.1. The highest BCUT2D eigenvalue weighted by molar-refractivity contribution is 7.71. The fourth-order valence-corrected chi connectivity index (χ4v) is 3.01. The summed E-state index contributed by atoms with van der Waals surface area (Å²) >= 11 is 5.15. The van der Waals surface area contributed by atoms with Gasteiger partial charge in [0.05, 0.1) is 12.9 Å². The maximum Gasteiger partial charge on any atom is 0.199 e. The van der Waals surface area contributed by atoms with E-state index < -0.39 is 37.3 Å². The first-order chi connectivity index (χ1) is 11.4. The number of H-pyrrole nitrogens is 1. The number of ether oxygens (including phenoxy) is 1. The minimum Gasteiger partial charge on any atom is -0.394 e. The predicted octanol–water partition coefficient (Wildman–Crippen LogP) is -0.248. The van der Waals surface area contributed by atoms with E-state index >= 15 is 0 Å². The van der Waals surface area contributed by atoms with Gasteiger partial charge < -0.3 is 25.0 Å². The second kappa shape index (κ2) is 6.19. The summed E-state index contributed by atoms with van der Waals surface area (Å²) in [7, 11) is 0. The van der Waals surface area contributed by atoms with Crippen LogP contribution in [-0.2, 0) is 4.74 Å². The average molecular weight is 354 g/mol. The lowest BCUT2D eigenvalue weighted by Crippen LogP contribution is -2.46. The first-order valence-electron chi connectivity index (χ1n) is 7.08. The Labute approximate surface area is 140 Å². The Morgan fingerprint density at radius 2 is 2.33 bits per heavy atom. The molecule has 128 valence electrons. The van der Waals surface area contributed by atoms with E-state index in [9.17, 15) is 19.7 Å². The van der Waals surface area contributed by atoms with Crippen molar-refractivity contribution >= 4 is 23.4 Å². The van der Waals surface area contributed by atoms with E-state index in [1.54, 1.807) is 6.92 Å². The molecule has 2 aromatic rings. The first kappa shape index (κ1) is 16.9. The van der Waals surface area contributed by atoms with Crippen molar-refractivity contribution < 1.29 is 24.4 Å². The zero-order valence-electron chi connectivity index (χ0n) is 12.6. The van der Waals surface area contributed by atoms with Crippen LogP contribution in [0.15, 0.2) is 6.33 Å². The molecule has 0 radical (unpaired) electrons. The third-order valence-electron chi connectivity index (χ3n) is 3.84. The van der Waals surface area contributed by atoms with Gasteiger partial charge in [0.1, 0.15) is 35.9 Å².